The lowest BCUT2D eigenvalue weighted by Crippen LogP contribution is -2.50. The first-order valence-corrected chi connectivity index (χ1v) is 11.1. The van der Waals surface area contributed by atoms with Crippen molar-refractivity contribution in [2.24, 2.45) is 0 Å². The molecule has 2 atom stereocenters. The average molecular weight is 460 g/mol. The molecule has 0 saturated carbocycles. The summed E-state index contributed by atoms with van der Waals surface area (Å²) in [6.07, 6.45) is 0.984. The lowest BCUT2D eigenvalue weighted by molar-refractivity contribution is -0.153. The lowest BCUT2D eigenvalue weighted by Gasteiger charge is -2.39. The van der Waals surface area contributed by atoms with E-state index in [0.29, 0.717) is 26.1 Å². The van der Waals surface area contributed by atoms with Crippen LogP contribution in [0.15, 0.2) is 0 Å². The minimum absolute atomic E-state index is 0. The summed E-state index contributed by atoms with van der Waals surface area (Å²) in [6.45, 7) is 14.9. The fraction of sp³-hybridized carbons (Fsp3) is 0.870. The Morgan fingerprint density at radius 2 is 1.72 bits per heavy atom. The van der Waals surface area contributed by atoms with Crippen LogP contribution in [-0.4, -0.2) is 103 Å². The zero-order valence-corrected chi connectivity index (χ0v) is 20.3. The number of ether oxygens (including phenoxy) is 3. The number of rotatable bonds is 10. The summed E-state index contributed by atoms with van der Waals surface area (Å²) in [5.74, 6) is -0.594. The van der Waals surface area contributed by atoms with Crippen LogP contribution in [0, 0.1) is 0 Å². The van der Waals surface area contributed by atoms with Crippen LogP contribution in [0.4, 0.5) is 4.79 Å². The van der Waals surface area contributed by atoms with Crippen LogP contribution >= 0.6 is 0 Å². The molecule has 9 heteroatoms. The van der Waals surface area contributed by atoms with Crippen LogP contribution in [0.5, 0.6) is 0 Å². The number of amides is 1. The summed E-state index contributed by atoms with van der Waals surface area (Å²) < 4.78 is 16.1. The van der Waals surface area contributed by atoms with Gasteiger partial charge in [0.05, 0.1) is 0 Å². The molecule has 0 aromatic carbocycles. The van der Waals surface area contributed by atoms with Crippen molar-refractivity contribution in [1.82, 2.24) is 14.7 Å². The Hall–Kier alpha value is -1.87. The van der Waals surface area contributed by atoms with Crippen molar-refractivity contribution < 1.29 is 28.6 Å². The van der Waals surface area contributed by atoms with E-state index >= 15 is 0 Å². The van der Waals surface area contributed by atoms with Gasteiger partial charge in [0.1, 0.15) is 18.3 Å². The molecule has 1 aliphatic heterocycles. The molecule has 0 aliphatic carbocycles. The van der Waals surface area contributed by atoms with Crippen molar-refractivity contribution in [3.8, 4) is 0 Å². The summed E-state index contributed by atoms with van der Waals surface area (Å²) in [7, 11) is 2.02. The van der Waals surface area contributed by atoms with E-state index in [1.807, 2.05) is 34.7 Å². The average Bonchev–Trinajstić information content (AvgIpc) is 2.64. The Bertz CT molecular complexity index is 593. The van der Waals surface area contributed by atoms with Crippen LogP contribution in [0.25, 0.3) is 0 Å². The van der Waals surface area contributed by atoms with Gasteiger partial charge in [-0.15, -0.1) is 0 Å². The van der Waals surface area contributed by atoms with E-state index < -0.39 is 5.60 Å². The van der Waals surface area contributed by atoms with Gasteiger partial charge in [-0.25, -0.2) is 4.79 Å². The van der Waals surface area contributed by atoms with Crippen molar-refractivity contribution in [2.75, 3.05) is 52.9 Å². The fourth-order valence-corrected chi connectivity index (χ4v) is 3.49. The zero-order chi connectivity index (χ0) is 23.6. The Morgan fingerprint density at radius 1 is 1.06 bits per heavy atom. The molecule has 0 aromatic rings. The molecule has 188 valence electrons. The maximum atomic E-state index is 12.3. The molecule has 1 heterocycles. The highest BCUT2D eigenvalue weighted by molar-refractivity contribution is 5.68. The molecule has 32 heavy (non-hydrogen) atoms. The molecule has 1 amide bonds. The third-order valence-electron chi connectivity index (χ3n) is 5.16. The van der Waals surface area contributed by atoms with Crippen LogP contribution < -0.4 is 0 Å². The third kappa shape index (κ3) is 12.2. The van der Waals surface area contributed by atoms with Gasteiger partial charge in [0.2, 0.25) is 0 Å². The number of carbonyl (C=O) groups excluding carboxylic acids is 3. The van der Waals surface area contributed by atoms with E-state index in [9.17, 15) is 14.4 Å². The third-order valence-corrected chi connectivity index (χ3v) is 5.16. The molecular formula is C23H45N3O6. The highest BCUT2D eigenvalue weighted by Gasteiger charge is 2.31. The molecule has 1 saturated heterocycles. The van der Waals surface area contributed by atoms with E-state index in [1.165, 1.54) is 13.8 Å². The molecule has 1 aliphatic rings. The van der Waals surface area contributed by atoms with Gasteiger partial charge in [0, 0.05) is 65.6 Å². The van der Waals surface area contributed by atoms with Crippen molar-refractivity contribution in [3.63, 3.8) is 0 Å². The van der Waals surface area contributed by atoms with Crippen molar-refractivity contribution >= 4 is 18.0 Å². The van der Waals surface area contributed by atoms with Gasteiger partial charge >= 0.3 is 18.0 Å². The largest absolute Gasteiger partial charge is 0.464 e. The van der Waals surface area contributed by atoms with E-state index in [1.54, 1.807) is 4.90 Å². The number of hydrogen-bond donors (Lipinski definition) is 0. The quantitative estimate of drug-likeness (QED) is 0.364. The number of nitrogens with zero attached hydrogens (tertiary/aromatic N) is 3. The molecule has 1 rings (SSSR count). The zero-order valence-electron chi connectivity index (χ0n) is 20.3. The van der Waals surface area contributed by atoms with E-state index in [4.69, 9.17) is 14.2 Å². The normalized spacial score (nSPS) is 19.1. The Labute approximate surface area is 194 Å². The minimum atomic E-state index is -0.508. The first-order chi connectivity index (χ1) is 14.4. The summed E-state index contributed by atoms with van der Waals surface area (Å²) in [4.78, 5) is 41.0. The molecule has 1 fully saturated rings. The van der Waals surface area contributed by atoms with Crippen molar-refractivity contribution in [1.29, 1.82) is 0 Å². The van der Waals surface area contributed by atoms with Crippen LogP contribution in [0.2, 0.25) is 0 Å². The van der Waals surface area contributed by atoms with Crippen molar-refractivity contribution in [3.05, 3.63) is 0 Å². The number of likely N-dealkylation sites (tertiary alicyclic amines) is 1. The monoisotopic (exact) mass is 459 g/mol. The maximum absolute atomic E-state index is 12.3. The predicted molar refractivity (Wildman–Crippen MR) is 124 cm³/mol. The van der Waals surface area contributed by atoms with Crippen LogP contribution in [0.1, 0.15) is 61.8 Å². The van der Waals surface area contributed by atoms with E-state index in [0.717, 1.165) is 32.6 Å². The van der Waals surface area contributed by atoms with Gasteiger partial charge in [0.25, 0.3) is 0 Å². The summed E-state index contributed by atoms with van der Waals surface area (Å²) in [6, 6.07) is 0.0179. The molecule has 0 bridgehead atoms. The fourth-order valence-electron chi connectivity index (χ4n) is 3.49. The van der Waals surface area contributed by atoms with Crippen molar-refractivity contribution in [2.45, 2.75) is 79.6 Å². The number of carbonyl (C=O) groups is 3. The summed E-state index contributed by atoms with van der Waals surface area (Å²) in [5.41, 5.74) is -0.508. The van der Waals surface area contributed by atoms with E-state index in [2.05, 4.69) is 9.80 Å². The lowest BCUT2D eigenvalue weighted by atomic mass is 9.99. The number of likely N-dealkylation sites (N-methyl/N-ethyl adjacent to an activating group) is 2. The molecule has 9 nitrogen and oxygen atoms in total. The minimum Gasteiger partial charge on any atom is -0.464 e. The predicted octanol–water partition coefficient (Wildman–Crippen LogP) is 2.77. The molecule has 0 spiro atoms. The number of esters is 2. The maximum Gasteiger partial charge on any atom is 0.410 e. The molecule has 0 N–H and O–H groups in total. The second kappa shape index (κ2) is 14.3. The highest BCUT2D eigenvalue weighted by Crippen LogP contribution is 2.21. The van der Waals surface area contributed by atoms with Gasteiger partial charge < -0.3 is 24.0 Å². The Morgan fingerprint density at radius 3 is 2.25 bits per heavy atom. The topological polar surface area (TPSA) is 88.6 Å². The van der Waals surface area contributed by atoms with Gasteiger partial charge in [-0.2, -0.15) is 0 Å². The second-order valence-corrected chi connectivity index (χ2v) is 9.11. The molecule has 0 radical (unpaired) electrons. The molecular weight excluding hydrogens is 414 g/mol. The standard InChI is InChI=1S/C22H41N3O6.CH4/c1-8-24(21(28)31-22(4,5)6)13-11-23(7)12-14-25-10-9-20(30-18(3)27)15-19(25)16-29-17(2)26;/h19-20H,8-16H2,1-7H3;1H4. The molecule has 0 aromatic heterocycles. The summed E-state index contributed by atoms with van der Waals surface area (Å²) in [5, 5.41) is 0. The van der Waals surface area contributed by atoms with Gasteiger partial charge in [-0.3, -0.25) is 14.5 Å². The molecule has 2 unspecified atom stereocenters. The SMILES string of the molecule is C.CCN(CCN(C)CCN1CCC(OC(C)=O)CC1COC(C)=O)C(=O)OC(C)(C)C. The number of piperidine rings is 1. The van der Waals surface area contributed by atoms with E-state index in [-0.39, 0.29) is 37.6 Å². The van der Waals surface area contributed by atoms with Gasteiger partial charge in [0.15, 0.2) is 0 Å². The Kier molecular flexibility index (Phi) is 13.5. The number of hydrogen-bond acceptors (Lipinski definition) is 8. The second-order valence-electron chi connectivity index (χ2n) is 9.11. The van der Waals surface area contributed by atoms with Crippen LogP contribution in [0.3, 0.4) is 0 Å². The summed E-state index contributed by atoms with van der Waals surface area (Å²) >= 11 is 0. The first kappa shape index (κ1) is 30.1. The Balaban J connectivity index is 0.00000961. The van der Waals surface area contributed by atoms with Crippen LogP contribution in [-0.2, 0) is 23.8 Å². The highest BCUT2D eigenvalue weighted by atomic mass is 16.6. The smallest absolute Gasteiger partial charge is 0.410 e. The first-order valence-electron chi connectivity index (χ1n) is 11.1. The van der Waals surface area contributed by atoms with Gasteiger partial charge in [-0.05, 0) is 41.2 Å². The van der Waals surface area contributed by atoms with Gasteiger partial charge in [-0.1, -0.05) is 7.43 Å².